The van der Waals surface area contributed by atoms with Gasteiger partial charge in [-0.2, -0.15) is 0 Å². The molecule has 0 saturated heterocycles. The molecule has 0 amide bonds. The first-order valence-corrected chi connectivity index (χ1v) is 6.94. The predicted octanol–water partition coefficient (Wildman–Crippen LogP) is 3.81. The molecule has 0 atom stereocenters. The number of furan rings is 1. The van der Waals surface area contributed by atoms with Gasteiger partial charge in [-0.15, -0.1) is 0 Å². The van der Waals surface area contributed by atoms with E-state index < -0.39 is 0 Å². The van der Waals surface area contributed by atoms with E-state index in [9.17, 15) is 0 Å². The summed E-state index contributed by atoms with van der Waals surface area (Å²) in [6.45, 7) is 9.55. The molecular formula is C17H23NO2. The molecule has 1 N–H and O–H groups in total. The second-order valence-electron chi connectivity index (χ2n) is 5.34. The largest absolute Gasteiger partial charge is 0.485 e. The van der Waals surface area contributed by atoms with Crippen LogP contribution in [0.1, 0.15) is 33.8 Å². The van der Waals surface area contributed by atoms with E-state index in [2.05, 4.69) is 45.1 Å². The molecule has 3 nitrogen and oxygen atoms in total. The Balaban J connectivity index is 2.11. The van der Waals surface area contributed by atoms with Crippen molar-refractivity contribution in [2.45, 2.75) is 40.8 Å². The van der Waals surface area contributed by atoms with Crippen molar-refractivity contribution in [2.75, 3.05) is 7.05 Å². The lowest BCUT2D eigenvalue weighted by atomic mass is 10.1. The fourth-order valence-corrected chi connectivity index (χ4v) is 2.30. The number of hydrogen-bond donors (Lipinski definition) is 1. The minimum Gasteiger partial charge on any atom is -0.485 e. The molecule has 2 rings (SSSR count). The van der Waals surface area contributed by atoms with E-state index in [1.807, 2.05) is 13.1 Å². The van der Waals surface area contributed by atoms with Gasteiger partial charge >= 0.3 is 0 Å². The molecule has 108 valence electrons. The molecule has 0 radical (unpaired) electrons. The molecule has 1 aromatic carbocycles. The maximum absolute atomic E-state index is 5.92. The number of nitrogens with one attached hydrogen (secondary N) is 1. The minimum atomic E-state index is 0.467. The third kappa shape index (κ3) is 3.23. The van der Waals surface area contributed by atoms with Gasteiger partial charge in [0.2, 0.25) is 0 Å². The van der Waals surface area contributed by atoms with Gasteiger partial charge in [-0.1, -0.05) is 6.07 Å². The van der Waals surface area contributed by atoms with Gasteiger partial charge < -0.3 is 14.5 Å². The van der Waals surface area contributed by atoms with Gasteiger partial charge in [0.05, 0.1) is 6.54 Å². The molecule has 0 unspecified atom stereocenters. The molecule has 0 spiro atoms. The van der Waals surface area contributed by atoms with E-state index in [-0.39, 0.29) is 0 Å². The minimum absolute atomic E-state index is 0.467. The van der Waals surface area contributed by atoms with Crippen LogP contribution in [0.15, 0.2) is 22.6 Å². The van der Waals surface area contributed by atoms with Crippen molar-refractivity contribution >= 4 is 0 Å². The quantitative estimate of drug-likeness (QED) is 0.899. The Morgan fingerprint density at radius 2 is 1.80 bits per heavy atom. The zero-order chi connectivity index (χ0) is 14.7. The Kier molecular flexibility index (Phi) is 4.50. The van der Waals surface area contributed by atoms with Gasteiger partial charge in [0.1, 0.15) is 23.9 Å². The first kappa shape index (κ1) is 14.7. The number of rotatable bonds is 5. The summed E-state index contributed by atoms with van der Waals surface area (Å²) < 4.78 is 11.7. The van der Waals surface area contributed by atoms with E-state index in [0.717, 1.165) is 29.4 Å². The van der Waals surface area contributed by atoms with Gasteiger partial charge in [0.15, 0.2) is 0 Å². The molecule has 0 bridgehead atoms. The molecule has 1 heterocycles. The molecule has 20 heavy (non-hydrogen) atoms. The maximum Gasteiger partial charge on any atom is 0.146 e. The Hall–Kier alpha value is -1.74. The Morgan fingerprint density at radius 1 is 1.05 bits per heavy atom. The van der Waals surface area contributed by atoms with Gasteiger partial charge in [0.25, 0.3) is 0 Å². The van der Waals surface area contributed by atoms with Crippen molar-refractivity contribution in [2.24, 2.45) is 0 Å². The second-order valence-corrected chi connectivity index (χ2v) is 5.34. The number of benzene rings is 1. The molecule has 0 aliphatic carbocycles. The summed E-state index contributed by atoms with van der Waals surface area (Å²) >= 11 is 0. The summed E-state index contributed by atoms with van der Waals surface area (Å²) in [5.74, 6) is 2.78. The van der Waals surface area contributed by atoms with Crippen molar-refractivity contribution < 1.29 is 9.15 Å². The van der Waals surface area contributed by atoms with Crippen molar-refractivity contribution in [1.82, 2.24) is 5.32 Å². The first-order chi connectivity index (χ1) is 9.51. The van der Waals surface area contributed by atoms with Gasteiger partial charge in [-0.05, 0) is 69.1 Å². The Bertz CT molecular complexity index is 599. The molecule has 2 aromatic rings. The normalized spacial score (nSPS) is 10.8. The Morgan fingerprint density at radius 3 is 2.50 bits per heavy atom. The van der Waals surface area contributed by atoms with E-state index in [1.165, 1.54) is 16.7 Å². The van der Waals surface area contributed by atoms with E-state index in [0.29, 0.717) is 6.61 Å². The van der Waals surface area contributed by atoms with E-state index in [1.54, 1.807) is 0 Å². The number of hydrogen-bond acceptors (Lipinski definition) is 3. The van der Waals surface area contributed by atoms with Crippen LogP contribution in [0, 0.1) is 27.7 Å². The second kappa shape index (κ2) is 6.14. The average molecular weight is 273 g/mol. The lowest BCUT2D eigenvalue weighted by molar-refractivity contribution is 0.263. The van der Waals surface area contributed by atoms with Crippen LogP contribution in [0.25, 0.3) is 0 Å². The average Bonchev–Trinajstić information content (AvgIpc) is 2.73. The van der Waals surface area contributed by atoms with Crippen molar-refractivity contribution in [3.05, 3.63) is 52.0 Å². The molecule has 3 heteroatoms. The summed E-state index contributed by atoms with van der Waals surface area (Å²) in [5.41, 5.74) is 4.82. The third-order valence-electron chi connectivity index (χ3n) is 3.54. The lowest BCUT2D eigenvalue weighted by Gasteiger charge is -2.11. The molecule has 0 fully saturated rings. The fourth-order valence-electron chi connectivity index (χ4n) is 2.30. The topological polar surface area (TPSA) is 34.4 Å². The van der Waals surface area contributed by atoms with E-state index >= 15 is 0 Å². The molecule has 0 aliphatic rings. The molecular weight excluding hydrogens is 250 g/mol. The van der Waals surface area contributed by atoms with Gasteiger partial charge in [0, 0.05) is 0 Å². The summed E-state index contributed by atoms with van der Waals surface area (Å²) in [6, 6.07) is 6.29. The van der Waals surface area contributed by atoms with E-state index in [4.69, 9.17) is 9.15 Å². The zero-order valence-corrected chi connectivity index (χ0v) is 13.0. The standard InChI is InChI=1S/C17H23NO2/c1-11-6-12(2)14(4)16(7-11)19-10-15-8-13(3)17(20-15)9-18-5/h6-8,18H,9-10H2,1-5H3. The highest BCUT2D eigenvalue weighted by atomic mass is 16.5. The number of aryl methyl sites for hydroxylation is 3. The van der Waals surface area contributed by atoms with Crippen molar-refractivity contribution in [3.63, 3.8) is 0 Å². The monoisotopic (exact) mass is 273 g/mol. The van der Waals surface area contributed by atoms with Crippen molar-refractivity contribution in [3.8, 4) is 5.75 Å². The molecule has 1 aromatic heterocycles. The van der Waals surface area contributed by atoms with Crippen molar-refractivity contribution in [1.29, 1.82) is 0 Å². The van der Waals surface area contributed by atoms with Crippen LogP contribution in [0.2, 0.25) is 0 Å². The van der Waals surface area contributed by atoms with Crippen LogP contribution in [-0.4, -0.2) is 7.05 Å². The predicted molar refractivity (Wildman–Crippen MR) is 81.2 cm³/mol. The highest BCUT2D eigenvalue weighted by Gasteiger charge is 2.09. The smallest absolute Gasteiger partial charge is 0.146 e. The first-order valence-electron chi connectivity index (χ1n) is 6.94. The summed E-state index contributed by atoms with van der Waals surface area (Å²) in [4.78, 5) is 0. The maximum atomic E-state index is 5.92. The SMILES string of the molecule is CNCc1oc(COc2cc(C)cc(C)c2C)cc1C. The van der Waals surface area contributed by atoms with Crippen LogP contribution in [-0.2, 0) is 13.2 Å². The summed E-state index contributed by atoms with van der Waals surface area (Å²) in [7, 11) is 1.91. The lowest BCUT2D eigenvalue weighted by Crippen LogP contribution is -2.04. The summed E-state index contributed by atoms with van der Waals surface area (Å²) in [5, 5.41) is 3.10. The molecule has 0 aliphatic heterocycles. The molecule has 0 saturated carbocycles. The van der Waals surface area contributed by atoms with Crippen LogP contribution in [0.4, 0.5) is 0 Å². The third-order valence-corrected chi connectivity index (χ3v) is 3.54. The highest BCUT2D eigenvalue weighted by molar-refractivity contribution is 5.42. The van der Waals surface area contributed by atoms with Crippen LogP contribution >= 0.6 is 0 Å². The zero-order valence-electron chi connectivity index (χ0n) is 13.0. The van der Waals surface area contributed by atoms with Gasteiger partial charge in [-0.3, -0.25) is 0 Å². The van der Waals surface area contributed by atoms with Gasteiger partial charge in [-0.25, -0.2) is 0 Å². The highest BCUT2D eigenvalue weighted by Crippen LogP contribution is 2.25. The van der Waals surface area contributed by atoms with Crippen LogP contribution in [0.3, 0.4) is 0 Å². The van der Waals surface area contributed by atoms with Crippen LogP contribution < -0.4 is 10.1 Å². The van der Waals surface area contributed by atoms with Crippen LogP contribution in [0.5, 0.6) is 5.75 Å². The number of ether oxygens (including phenoxy) is 1. The fraction of sp³-hybridized carbons (Fsp3) is 0.412. The Labute approximate surface area is 121 Å². The summed E-state index contributed by atoms with van der Waals surface area (Å²) in [6.07, 6.45) is 0.